The van der Waals surface area contributed by atoms with E-state index in [1.165, 1.54) is 19.3 Å². The summed E-state index contributed by atoms with van der Waals surface area (Å²) in [5.41, 5.74) is 0.501. The highest BCUT2D eigenvalue weighted by atomic mass is 35.5. The first-order chi connectivity index (χ1) is 17.1. The molecule has 0 aromatic heterocycles. The molecule has 12 heteroatoms. The predicted octanol–water partition coefficient (Wildman–Crippen LogP) is 7.34. The summed E-state index contributed by atoms with van der Waals surface area (Å²) in [7, 11) is 1.42. The Hall–Kier alpha value is -3.48. The van der Waals surface area contributed by atoms with Crippen LogP contribution in [0.15, 0.2) is 54.1 Å². The smallest absolute Gasteiger partial charge is 0.272 e. The van der Waals surface area contributed by atoms with Gasteiger partial charge in [0.1, 0.15) is 18.2 Å². The van der Waals surface area contributed by atoms with Crippen molar-refractivity contribution in [2.75, 3.05) is 12.4 Å². The first kappa shape index (κ1) is 27.1. The first-order valence-electron chi connectivity index (χ1n) is 9.94. The molecule has 0 fully saturated rings. The number of nitrogens with one attached hydrogen (secondary N) is 1. The van der Waals surface area contributed by atoms with Gasteiger partial charge in [-0.05, 0) is 41.5 Å². The second-order valence-electron chi connectivity index (χ2n) is 7.11. The van der Waals surface area contributed by atoms with Crippen molar-refractivity contribution in [1.29, 1.82) is 5.26 Å². The molecule has 0 saturated heterocycles. The van der Waals surface area contributed by atoms with Gasteiger partial charge in [-0.25, -0.2) is 0 Å². The number of nitro groups is 1. The molecule has 0 radical (unpaired) electrons. The topological polar surface area (TPSA) is 114 Å². The fourth-order valence-corrected chi connectivity index (χ4v) is 3.95. The molecule has 3 aromatic carbocycles. The first-order valence-corrected chi connectivity index (χ1v) is 11.5. The van der Waals surface area contributed by atoms with Crippen molar-refractivity contribution in [1.82, 2.24) is 0 Å². The third-order valence-electron chi connectivity index (χ3n) is 4.70. The molecule has 0 atom stereocenters. The second-order valence-corrected chi connectivity index (χ2v) is 8.77. The van der Waals surface area contributed by atoms with Crippen molar-refractivity contribution in [3.63, 3.8) is 0 Å². The molecule has 1 N–H and O–H groups in total. The van der Waals surface area contributed by atoms with E-state index in [2.05, 4.69) is 5.32 Å². The number of amides is 1. The minimum atomic E-state index is -0.840. The van der Waals surface area contributed by atoms with Crippen molar-refractivity contribution < 1.29 is 19.2 Å². The lowest BCUT2D eigenvalue weighted by molar-refractivity contribution is -0.384. The van der Waals surface area contributed by atoms with Gasteiger partial charge in [-0.2, -0.15) is 5.26 Å². The Morgan fingerprint density at radius 3 is 2.28 bits per heavy atom. The SMILES string of the molecule is COc1cc(/C=C(\C#N)C(=O)Nc2c(Cl)cc([N+](=O)[O-])cc2Cl)cc(Cl)c1OCc1ccc(Cl)cc1. The number of halogens is 4. The summed E-state index contributed by atoms with van der Waals surface area (Å²) >= 11 is 24.4. The van der Waals surface area contributed by atoms with E-state index in [4.69, 9.17) is 55.9 Å². The molecule has 0 spiro atoms. The average Bonchev–Trinajstić information content (AvgIpc) is 2.84. The fraction of sp³-hybridized carbons (Fsp3) is 0.0833. The Morgan fingerprint density at radius 1 is 1.08 bits per heavy atom. The number of nitrogens with zero attached hydrogens (tertiary/aromatic N) is 2. The van der Waals surface area contributed by atoms with Gasteiger partial charge >= 0.3 is 0 Å². The minimum absolute atomic E-state index is 0.0726. The van der Waals surface area contributed by atoms with Crippen molar-refractivity contribution in [3.8, 4) is 17.6 Å². The van der Waals surface area contributed by atoms with E-state index in [1.807, 2.05) is 0 Å². The number of hydrogen-bond acceptors (Lipinski definition) is 6. The van der Waals surface area contributed by atoms with Crippen LogP contribution in [0.2, 0.25) is 20.1 Å². The lowest BCUT2D eigenvalue weighted by Gasteiger charge is -2.14. The molecular formula is C24H15Cl4N3O5. The van der Waals surface area contributed by atoms with Gasteiger partial charge in [0, 0.05) is 17.2 Å². The molecule has 1 amide bonds. The zero-order chi connectivity index (χ0) is 26.4. The number of carbonyl (C=O) groups is 1. The van der Waals surface area contributed by atoms with Crippen molar-refractivity contribution in [2.24, 2.45) is 0 Å². The normalized spacial score (nSPS) is 10.9. The molecule has 0 aliphatic heterocycles. The summed E-state index contributed by atoms with van der Waals surface area (Å²) in [6.07, 6.45) is 1.28. The Kier molecular flexibility index (Phi) is 9.02. The van der Waals surface area contributed by atoms with Crippen LogP contribution < -0.4 is 14.8 Å². The van der Waals surface area contributed by atoms with Crippen LogP contribution in [0.25, 0.3) is 6.08 Å². The number of hydrogen-bond donors (Lipinski definition) is 1. The van der Waals surface area contributed by atoms with Crippen LogP contribution in [-0.2, 0) is 11.4 Å². The van der Waals surface area contributed by atoms with Gasteiger partial charge in [-0.3, -0.25) is 14.9 Å². The van der Waals surface area contributed by atoms with Gasteiger partial charge in [0.25, 0.3) is 11.6 Å². The maximum atomic E-state index is 12.7. The Labute approximate surface area is 225 Å². The summed E-state index contributed by atoms with van der Waals surface area (Å²) in [4.78, 5) is 23.0. The van der Waals surface area contributed by atoms with Crippen LogP contribution in [-0.4, -0.2) is 17.9 Å². The number of non-ortho nitro benzene ring substituents is 1. The summed E-state index contributed by atoms with van der Waals surface area (Å²) in [6.45, 7) is 0.199. The summed E-state index contributed by atoms with van der Waals surface area (Å²) in [6, 6.07) is 14.0. The molecule has 3 rings (SSSR count). The molecule has 3 aromatic rings. The van der Waals surface area contributed by atoms with Gasteiger partial charge in [0.2, 0.25) is 0 Å². The Balaban J connectivity index is 1.84. The van der Waals surface area contributed by atoms with E-state index in [1.54, 1.807) is 36.4 Å². The van der Waals surface area contributed by atoms with Gasteiger partial charge in [0.05, 0.1) is 32.8 Å². The molecule has 0 aliphatic carbocycles. The lowest BCUT2D eigenvalue weighted by Crippen LogP contribution is -2.14. The number of nitriles is 1. The summed E-state index contributed by atoms with van der Waals surface area (Å²) in [5.74, 6) is -0.283. The number of carbonyl (C=O) groups excluding carboxylic acids is 1. The standard InChI is InChI=1S/C24H15Cl4N3O5/c1-35-21-8-14(7-20(28)23(21)36-12-13-2-4-16(25)5-3-13)6-15(11-29)24(32)30-22-18(26)9-17(31(33)34)10-19(22)27/h2-10H,12H2,1H3,(H,30,32)/b15-6+. The van der Waals surface area contributed by atoms with E-state index in [-0.39, 0.29) is 50.1 Å². The van der Waals surface area contributed by atoms with E-state index in [0.29, 0.717) is 10.6 Å². The molecular weight excluding hydrogens is 552 g/mol. The number of ether oxygens (including phenoxy) is 2. The third kappa shape index (κ3) is 6.59. The number of benzene rings is 3. The largest absolute Gasteiger partial charge is 0.493 e. The van der Waals surface area contributed by atoms with Crippen LogP contribution in [0.4, 0.5) is 11.4 Å². The number of nitro benzene ring substituents is 1. The maximum Gasteiger partial charge on any atom is 0.272 e. The molecule has 184 valence electrons. The van der Waals surface area contributed by atoms with Crippen molar-refractivity contribution in [2.45, 2.75) is 6.61 Å². The predicted molar refractivity (Wildman–Crippen MR) is 139 cm³/mol. The van der Waals surface area contributed by atoms with Crippen LogP contribution in [0, 0.1) is 21.4 Å². The van der Waals surface area contributed by atoms with Gasteiger partial charge in [-0.15, -0.1) is 0 Å². The zero-order valence-corrected chi connectivity index (χ0v) is 21.4. The molecule has 0 bridgehead atoms. The summed E-state index contributed by atoms with van der Waals surface area (Å²) < 4.78 is 11.2. The van der Waals surface area contributed by atoms with Gasteiger partial charge in [0.15, 0.2) is 11.5 Å². The average molecular weight is 567 g/mol. The van der Waals surface area contributed by atoms with Gasteiger partial charge in [-0.1, -0.05) is 58.5 Å². The molecule has 0 saturated carbocycles. The van der Waals surface area contributed by atoms with Crippen molar-refractivity contribution >= 4 is 69.8 Å². The highest BCUT2D eigenvalue weighted by Gasteiger charge is 2.19. The highest BCUT2D eigenvalue weighted by molar-refractivity contribution is 6.40. The maximum absolute atomic E-state index is 12.7. The third-order valence-corrected chi connectivity index (χ3v) is 5.83. The van der Waals surface area contributed by atoms with Crippen LogP contribution >= 0.6 is 46.4 Å². The van der Waals surface area contributed by atoms with Crippen LogP contribution in [0.1, 0.15) is 11.1 Å². The fourth-order valence-electron chi connectivity index (χ4n) is 2.98. The number of rotatable bonds is 8. The number of anilines is 1. The van der Waals surface area contributed by atoms with E-state index >= 15 is 0 Å². The molecule has 0 unspecified atom stereocenters. The molecule has 0 aliphatic rings. The van der Waals surface area contributed by atoms with E-state index < -0.39 is 10.8 Å². The lowest BCUT2D eigenvalue weighted by atomic mass is 10.1. The Bertz CT molecular complexity index is 1380. The molecule has 36 heavy (non-hydrogen) atoms. The zero-order valence-electron chi connectivity index (χ0n) is 18.4. The van der Waals surface area contributed by atoms with E-state index in [0.717, 1.165) is 17.7 Å². The minimum Gasteiger partial charge on any atom is -0.493 e. The quantitative estimate of drug-likeness (QED) is 0.132. The van der Waals surface area contributed by atoms with Crippen LogP contribution in [0.3, 0.4) is 0 Å². The van der Waals surface area contributed by atoms with Crippen molar-refractivity contribution in [3.05, 3.63) is 95.4 Å². The second kappa shape index (κ2) is 12.0. The van der Waals surface area contributed by atoms with E-state index in [9.17, 15) is 20.2 Å². The van der Waals surface area contributed by atoms with Gasteiger partial charge < -0.3 is 14.8 Å². The molecule has 0 heterocycles. The monoisotopic (exact) mass is 565 g/mol. The van der Waals surface area contributed by atoms with Crippen LogP contribution in [0.5, 0.6) is 11.5 Å². The Morgan fingerprint density at radius 2 is 1.72 bits per heavy atom. The number of methoxy groups -OCH3 is 1. The highest BCUT2D eigenvalue weighted by Crippen LogP contribution is 2.38. The molecule has 8 nitrogen and oxygen atoms in total. The summed E-state index contributed by atoms with van der Waals surface area (Å²) in [5, 5.41) is 23.3.